The fourth-order valence-electron chi connectivity index (χ4n) is 5.95. The monoisotopic (exact) mass is 462 g/mol. The van der Waals surface area contributed by atoms with E-state index >= 15 is 0 Å². The first kappa shape index (κ1) is 23.8. The zero-order valence-electron chi connectivity index (χ0n) is 19.9. The van der Waals surface area contributed by atoms with Crippen LogP contribution in [-0.2, 0) is 10.2 Å². The average molecular weight is 463 g/mol. The molecule has 2 N–H and O–H groups in total. The van der Waals surface area contributed by atoms with Gasteiger partial charge in [-0.1, -0.05) is 12.8 Å². The van der Waals surface area contributed by atoms with E-state index in [0.29, 0.717) is 25.7 Å². The van der Waals surface area contributed by atoms with Crippen molar-refractivity contribution in [1.82, 2.24) is 15.5 Å². The number of nitrogens with one attached hydrogen (secondary N) is 2. The predicted octanol–water partition coefficient (Wildman–Crippen LogP) is 4.40. The minimum atomic E-state index is -0.323. The van der Waals surface area contributed by atoms with Crippen molar-refractivity contribution in [3.8, 4) is 0 Å². The van der Waals surface area contributed by atoms with E-state index in [1.807, 2.05) is 13.8 Å². The van der Waals surface area contributed by atoms with E-state index in [4.69, 9.17) is 4.74 Å². The molecule has 1 spiro atoms. The molecule has 1 aliphatic carbocycles. The molecule has 0 bridgehead atoms. The van der Waals surface area contributed by atoms with Crippen LogP contribution in [0.2, 0.25) is 0 Å². The highest BCUT2D eigenvalue weighted by molar-refractivity contribution is 5.95. The molecule has 1 aromatic rings. The lowest BCUT2D eigenvalue weighted by Gasteiger charge is -2.43. The Morgan fingerprint density at radius 2 is 1.97 bits per heavy atom. The van der Waals surface area contributed by atoms with Gasteiger partial charge in [0.15, 0.2) is 0 Å². The first-order chi connectivity index (χ1) is 16.0. The Kier molecular flexibility index (Phi) is 7.41. The van der Waals surface area contributed by atoms with Crippen LogP contribution in [0.4, 0.5) is 19.7 Å². The van der Waals surface area contributed by atoms with Crippen LogP contribution in [0.1, 0.15) is 65.8 Å². The number of likely N-dealkylation sites (tertiary alicyclic amines) is 1. The summed E-state index contributed by atoms with van der Waals surface area (Å²) < 4.78 is 19.3. The van der Waals surface area contributed by atoms with E-state index in [1.165, 1.54) is 6.07 Å². The number of hydrogen-bond donors (Lipinski definition) is 2. The van der Waals surface area contributed by atoms with Gasteiger partial charge in [0.05, 0.1) is 6.61 Å². The summed E-state index contributed by atoms with van der Waals surface area (Å²) in [4.78, 5) is 29.0. The number of benzene rings is 1. The Bertz CT molecular complexity index is 863. The topological polar surface area (TPSA) is 73.9 Å². The third kappa shape index (κ3) is 5.10. The van der Waals surface area contributed by atoms with Crippen molar-refractivity contribution in [3.05, 3.63) is 29.6 Å². The fourth-order valence-corrected chi connectivity index (χ4v) is 5.95. The number of rotatable bonds is 4. The van der Waals surface area contributed by atoms with Crippen molar-refractivity contribution in [3.63, 3.8) is 0 Å². The van der Waals surface area contributed by atoms with Gasteiger partial charge in [-0.05, 0) is 82.8 Å². The number of carbonyl (C=O) groups is 2. The minimum absolute atomic E-state index is 0. The van der Waals surface area contributed by atoms with E-state index in [2.05, 4.69) is 15.5 Å². The summed E-state index contributed by atoms with van der Waals surface area (Å²) in [7, 11) is 0. The van der Waals surface area contributed by atoms with Crippen LogP contribution in [0, 0.1) is 5.82 Å². The predicted molar refractivity (Wildman–Crippen MR) is 128 cm³/mol. The van der Waals surface area contributed by atoms with Gasteiger partial charge in [0.1, 0.15) is 5.82 Å². The van der Waals surface area contributed by atoms with Gasteiger partial charge in [-0.2, -0.15) is 0 Å². The van der Waals surface area contributed by atoms with Gasteiger partial charge in [0.25, 0.3) is 0 Å². The van der Waals surface area contributed by atoms with Crippen molar-refractivity contribution in [2.75, 3.05) is 37.7 Å². The number of alkyl carbamates (subject to hydrolysis) is 1. The zero-order valence-corrected chi connectivity index (χ0v) is 19.9. The van der Waals surface area contributed by atoms with Crippen molar-refractivity contribution >= 4 is 17.8 Å². The molecule has 1 saturated heterocycles. The first-order valence-electron chi connectivity index (χ1n) is 12.5. The van der Waals surface area contributed by atoms with Crippen LogP contribution in [0.15, 0.2) is 18.2 Å². The largest absolute Gasteiger partial charge is 0.450 e. The summed E-state index contributed by atoms with van der Waals surface area (Å²) in [6, 6.07) is 5.28. The zero-order chi connectivity index (χ0) is 23.4. The van der Waals surface area contributed by atoms with E-state index in [9.17, 15) is 14.0 Å². The quantitative estimate of drug-likeness (QED) is 0.651. The number of amides is 3. The lowest BCUT2D eigenvalue weighted by molar-refractivity contribution is 0.103. The Morgan fingerprint density at radius 1 is 1.21 bits per heavy atom. The number of hydrogen-bond acceptors (Lipinski definition) is 4. The minimum Gasteiger partial charge on any atom is -0.450 e. The second-order valence-corrected chi connectivity index (χ2v) is 9.64. The van der Waals surface area contributed by atoms with Gasteiger partial charge in [-0.15, -0.1) is 0 Å². The lowest BCUT2D eigenvalue weighted by atomic mass is 9.74. The number of ether oxygens (including phenoxy) is 1. The highest BCUT2D eigenvalue weighted by Gasteiger charge is 2.47. The maximum Gasteiger partial charge on any atom is 0.407 e. The molecule has 0 aromatic heterocycles. The molecule has 1 aromatic carbocycles. The fraction of sp³-hybridized carbons (Fsp3) is 0.680. The van der Waals surface area contributed by atoms with Crippen molar-refractivity contribution in [2.45, 2.75) is 76.3 Å². The smallest absolute Gasteiger partial charge is 0.407 e. The lowest BCUT2D eigenvalue weighted by Crippen LogP contribution is -2.51. The molecule has 2 fully saturated rings. The number of carbonyl (C=O) groups excluding carboxylic acids is 2. The van der Waals surface area contributed by atoms with Gasteiger partial charge in [0, 0.05) is 37.7 Å². The summed E-state index contributed by atoms with van der Waals surface area (Å²) in [5.74, 6) is -0.245. The second kappa shape index (κ2) is 10.3. The number of anilines is 1. The highest BCUT2D eigenvalue weighted by Crippen LogP contribution is 2.47. The van der Waals surface area contributed by atoms with E-state index in [-0.39, 0.29) is 30.8 Å². The van der Waals surface area contributed by atoms with Crippen LogP contribution in [0.5, 0.6) is 0 Å². The molecule has 2 heterocycles. The molecule has 3 aliphatic rings. The van der Waals surface area contributed by atoms with Crippen molar-refractivity contribution < 1.29 is 20.1 Å². The van der Waals surface area contributed by atoms with Crippen LogP contribution in [-0.4, -0.2) is 61.9 Å². The first-order valence-corrected chi connectivity index (χ1v) is 12.5. The molecule has 2 atom stereocenters. The molecule has 4 rings (SSSR count). The standard InChI is InChI=1S/C25H37FN4O3.H2/c1-3-27-23(31)30-17-25(21-15-18(26)9-10-22(21)30)11-13-29(14-12-25)20-8-6-5-7-19(16-20)28-24(32)33-4-2;/h9-10,15,19-20H,3-8,11-14,16-17H2,1-2H3,(H,27,31)(H,28,32);1H. The van der Waals surface area contributed by atoms with Crippen LogP contribution in [0.25, 0.3) is 0 Å². The third-order valence-corrected chi connectivity index (χ3v) is 7.62. The summed E-state index contributed by atoms with van der Waals surface area (Å²) in [6.07, 6.45) is 6.78. The Labute approximate surface area is 197 Å². The molecule has 0 radical (unpaired) electrons. The van der Waals surface area contributed by atoms with E-state index in [1.54, 1.807) is 17.0 Å². The molecular formula is C25H39FN4O3. The van der Waals surface area contributed by atoms with Gasteiger partial charge in [0.2, 0.25) is 0 Å². The van der Waals surface area contributed by atoms with Crippen molar-refractivity contribution in [2.24, 2.45) is 0 Å². The molecule has 184 valence electrons. The molecule has 2 aliphatic heterocycles. The summed E-state index contributed by atoms with van der Waals surface area (Å²) in [5, 5.41) is 5.95. The summed E-state index contributed by atoms with van der Waals surface area (Å²) in [6.45, 7) is 7.10. The summed E-state index contributed by atoms with van der Waals surface area (Å²) in [5.41, 5.74) is 1.60. The molecule has 7 nitrogen and oxygen atoms in total. The Balaban J connectivity index is 0.00000324. The summed E-state index contributed by atoms with van der Waals surface area (Å²) >= 11 is 0. The second-order valence-electron chi connectivity index (χ2n) is 9.64. The van der Waals surface area contributed by atoms with Gasteiger partial charge >= 0.3 is 12.1 Å². The van der Waals surface area contributed by atoms with E-state index < -0.39 is 0 Å². The van der Waals surface area contributed by atoms with E-state index in [0.717, 1.165) is 69.3 Å². The maximum atomic E-state index is 14.2. The molecule has 33 heavy (non-hydrogen) atoms. The Hall–Kier alpha value is -2.35. The number of urea groups is 1. The Morgan fingerprint density at radius 3 is 2.70 bits per heavy atom. The van der Waals surface area contributed by atoms with Crippen LogP contribution in [0.3, 0.4) is 0 Å². The van der Waals surface area contributed by atoms with Gasteiger partial charge in [-0.3, -0.25) is 4.90 Å². The molecular weight excluding hydrogens is 423 g/mol. The number of nitrogens with zero attached hydrogens (tertiary/aromatic N) is 2. The molecule has 2 unspecified atom stereocenters. The van der Waals surface area contributed by atoms with Crippen LogP contribution < -0.4 is 15.5 Å². The van der Waals surface area contributed by atoms with Gasteiger partial charge < -0.3 is 20.3 Å². The molecule has 3 amide bonds. The highest BCUT2D eigenvalue weighted by atomic mass is 19.1. The third-order valence-electron chi connectivity index (χ3n) is 7.62. The number of fused-ring (bicyclic) bond motifs is 2. The average Bonchev–Trinajstić information content (AvgIpc) is 2.93. The number of halogens is 1. The normalized spacial score (nSPS) is 24.8. The number of piperidine rings is 1. The maximum absolute atomic E-state index is 14.2. The van der Waals surface area contributed by atoms with Crippen LogP contribution >= 0.6 is 0 Å². The van der Waals surface area contributed by atoms with Crippen molar-refractivity contribution in [1.29, 1.82) is 0 Å². The SMILES string of the molecule is CCNC(=O)N1CC2(CCN(C3CCCCC(NC(=O)OCC)C3)CC2)c2cc(F)ccc21.[HH]. The van der Waals surface area contributed by atoms with Gasteiger partial charge in [-0.25, -0.2) is 14.0 Å². The molecule has 1 saturated carbocycles. The molecule has 8 heteroatoms.